The first-order valence-corrected chi connectivity index (χ1v) is 7.59. The molecule has 0 aromatic rings. The second-order valence-corrected chi connectivity index (χ2v) is 6.26. The van der Waals surface area contributed by atoms with Gasteiger partial charge in [0.2, 0.25) is 11.8 Å². The van der Waals surface area contributed by atoms with E-state index in [9.17, 15) is 9.59 Å². The van der Waals surface area contributed by atoms with Crippen LogP contribution in [0, 0.1) is 11.8 Å². The average Bonchev–Trinajstić information content (AvgIpc) is 2.45. The van der Waals surface area contributed by atoms with Crippen molar-refractivity contribution in [1.82, 2.24) is 21.1 Å². The standard InChI is InChI=1S/C14H26N4O2/c1-10(2)7-15-14(20)11-4-3-5-18(9-11)12-6-13(19)17-16-8-12/h10-12,16H,3-9H2,1-2H3,(H,15,20)(H,17,19). The molecule has 0 aromatic heterocycles. The number of nitrogens with one attached hydrogen (secondary N) is 3. The summed E-state index contributed by atoms with van der Waals surface area (Å²) in [6, 6.07) is 0.212. The van der Waals surface area contributed by atoms with Gasteiger partial charge in [-0.25, -0.2) is 5.43 Å². The van der Waals surface area contributed by atoms with Crippen LogP contribution in [0.5, 0.6) is 0 Å². The molecule has 0 aliphatic carbocycles. The smallest absolute Gasteiger partial charge is 0.235 e. The van der Waals surface area contributed by atoms with Crippen molar-refractivity contribution in [2.75, 3.05) is 26.2 Å². The van der Waals surface area contributed by atoms with Gasteiger partial charge in [-0.2, -0.15) is 0 Å². The normalized spacial score (nSPS) is 28.2. The number of hydrazine groups is 1. The van der Waals surface area contributed by atoms with Crippen LogP contribution in [-0.2, 0) is 9.59 Å². The molecule has 2 aliphatic rings. The van der Waals surface area contributed by atoms with Crippen LogP contribution in [0.1, 0.15) is 33.1 Å². The third-order valence-corrected chi connectivity index (χ3v) is 4.01. The van der Waals surface area contributed by atoms with Crippen LogP contribution in [0.2, 0.25) is 0 Å². The van der Waals surface area contributed by atoms with Gasteiger partial charge in [-0.3, -0.25) is 19.9 Å². The summed E-state index contributed by atoms with van der Waals surface area (Å²) in [4.78, 5) is 25.9. The number of hydrogen-bond acceptors (Lipinski definition) is 4. The fraction of sp³-hybridized carbons (Fsp3) is 0.857. The van der Waals surface area contributed by atoms with Gasteiger partial charge in [0.1, 0.15) is 0 Å². The van der Waals surface area contributed by atoms with Crippen molar-refractivity contribution in [3.8, 4) is 0 Å². The van der Waals surface area contributed by atoms with Crippen molar-refractivity contribution >= 4 is 11.8 Å². The molecule has 0 radical (unpaired) electrons. The minimum atomic E-state index is 0.0348. The summed E-state index contributed by atoms with van der Waals surface area (Å²) >= 11 is 0. The van der Waals surface area contributed by atoms with Crippen molar-refractivity contribution < 1.29 is 9.59 Å². The van der Waals surface area contributed by atoms with Crippen LogP contribution in [0.25, 0.3) is 0 Å². The zero-order chi connectivity index (χ0) is 14.5. The Bertz CT molecular complexity index is 359. The first kappa shape index (κ1) is 15.3. The Morgan fingerprint density at radius 3 is 3.00 bits per heavy atom. The summed E-state index contributed by atoms with van der Waals surface area (Å²) in [6.45, 7) is 7.44. The molecule has 2 amide bonds. The Morgan fingerprint density at radius 2 is 2.30 bits per heavy atom. The molecular formula is C14H26N4O2. The van der Waals surface area contributed by atoms with E-state index >= 15 is 0 Å². The maximum atomic E-state index is 12.2. The van der Waals surface area contributed by atoms with Gasteiger partial charge in [-0.1, -0.05) is 13.8 Å². The molecule has 0 spiro atoms. The molecule has 2 rings (SSSR count). The number of rotatable bonds is 4. The molecule has 3 N–H and O–H groups in total. The lowest BCUT2D eigenvalue weighted by molar-refractivity contribution is -0.128. The summed E-state index contributed by atoms with van der Waals surface area (Å²) in [5.74, 6) is 0.738. The van der Waals surface area contributed by atoms with E-state index in [1.807, 2.05) is 0 Å². The van der Waals surface area contributed by atoms with E-state index < -0.39 is 0 Å². The average molecular weight is 282 g/mol. The monoisotopic (exact) mass is 282 g/mol. The second-order valence-electron chi connectivity index (χ2n) is 6.26. The van der Waals surface area contributed by atoms with Gasteiger partial charge in [-0.15, -0.1) is 0 Å². The third-order valence-electron chi connectivity index (χ3n) is 4.01. The highest BCUT2D eigenvalue weighted by atomic mass is 16.2. The highest BCUT2D eigenvalue weighted by molar-refractivity contribution is 5.79. The maximum absolute atomic E-state index is 12.2. The highest BCUT2D eigenvalue weighted by Gasteiger charge is 2.32. The van der Waals surface area contributed by atoms with E-state index in [-0.39, 0.29) is 23.8 Å². The predicted octanol–water partition coefficient (Wildman–Crippen LogP) is -0.136. The number of likely N-dealkylation sites (tertiary alicyclic amines) is 1. The molecule has 0 aromatic carbocycles. The van der Waals surface area contributed by atoms with Gasteiger partial charge in [0.25, 0.3) is 0 Å². The van der Waals surface area contributed by atoms with E-state index in [1.165, 1.54) is 0 Å². The molecule has 20 heavy (non-hydrogen) atoms. The third kappa shape index (κ3) is 4.18. The van der Waals surface area contributed by atoms with Crippen LogP contribution in [-0.4, -0.2) is 48.9 Å². The number of carbonyl (C=O) groups excluding carboxylic acids is 2. The van der Waals surface area contributed by atoms with Gasteiger partial charge in [0, 0.05) is 32.1 Å². The zero-order valence-corrected chi connectivity index (χ0v) is 12.4. The second kappa shape index (κ2) is 7.04. The van der Waals surface area contributed by atoms with Crippen molar-refractivity contribution in [2.24, 2.45) is 11.8 Å². The summed E-state index contributed by atoms with van der Waals surface area (Å²) in [5.41, 5.74) is 5.55. The Morgan fingerprint density at radius 1 is 1.50 bits per heavy atom. The molecule has 114 valence electrons. The summed E-state index contributed by atoms with van der Waals surface area (Å²) < 4.78 is 0. The Hall–Kier alpha value is -1.14. The first-order chi connectivity index (χ1) is 9.56. The largest absolute Gasteiger partial charge is 0.356 e. The fourth-order valence-corrected chi connectivity index (χ4v) is 2.86. The van der Waals surface area contributed by atoms with E-state index in [1.54, 1.807) is 0 Å². The minimum Gasteiger partial charge on any atom is -0.356 e. The summed E-state index contributed by atoms with van der Waals surface area (Å²) in [7, 11) is 0. The Labute approximate surface area is 120 Å². The summed E-state index contributed by atoms with van der Waals surface area (Å²) in [6.07, 6.45) is 2.50. The number of piperidine rings is 1. The van der Waals surface area contributed by atoms with Crippen molar-refractivity contribution in [1.29, 1.82) is 0 Å². The highest BCUT2D eigenvalue weighted by Crippen LogP contribution is 2.20. The van der Waals surface area contributed by atoms with Crippen LogP contribution >= 0.6 is 0 Å². The molecule has 0 bridgehead atoms. The number of nitrogens with zero attached hydrogens (tertiary/aromatic N) is 1. The molecule has 2 unspecified atom stereocenters. The minimum absolute atomic E-state index is 0.0348. The quantitative estimate of drug-likeness (QED) is 0.671. The Balaban J connectivity index is 1.84. The summed E-state index contributed by atoms with van der Waals surface area (Å²) in [5, 5.41) is 3.02. The van der Waals surface area contributed by atoms with Gasteiger partial charge in [0.05, 0.1) is 5.92 Å². The van der Waals surface area contributed by atoms with Gasteiger partial charge >= 0.3 is 0 Å². The van der Waals surface area contributed by atoms with E-state index in [2.05, 4.69) is 34.9 Å². The molecule has 2 atom stereocenters. The van der Waals surface area contributed by atoms with Crippen LogP contribution in [0.4, 0.5) is 0 Å². The van der Waals surface area contributed by atoms with Crippen LogP contribution in [0.3, 0.4) is 0 Å². The van der Waals surface area contributed by atoms with Crippen molar-refractivity contribution in [3.63, 3.8) is 0 Å². The molecule has 2 aliphatic heterocycles. The molecule has 2 heterocycles. The number of carbonyl (C=O) groups is 2. The topological polar surface area (TPSA) is 73.5 Å². The Kier molecular flexibility index (Phi) is 5.37. The van der Waals surface area contributed by atoms with Crippen molar-refractivity contribution in [3.05, 3.63) is 0 Å². The maximum Gasteiger partial charge on any atom is 0.235 e. The van der Waals surface area contributed by atoms with E-state index in [0.29, 0.717) is 12.3 Å². The van der Waals surface area contributed by atoms with Gasteiger partial charge < -0.3 is 5.32 Å². The first-order valence-electron chi connectivity index (χ1n) is 7.59. The lowest BCUT2D eigenvalue weighted by Crippen LogP contribution is -2.57. The van der Waals surface area contributed by atoms with E-state index in [0.717, 1.165) is 39.0 Å². The molecular weight excluding hydrogens is 256 g/mol. The van der Waals surface area contributed by atoms with E-state index in [4.69, 9.17) is 0 Å². The van der Waals surface area contributed by atoms with Crippen molar-refractivity contribution in [2.45, 2.75) is 39.2 Å². The van der Waals surface area contributed by atoms with Crippen LogP contribution < -0.4 is 16.2 Å². The molecule has 2 fully saturated rings. The number of amides is 2. The fourth-order valence-electron chi connectivity index (χ4n) is 2.86. The SMILES string of the molecule is CC(C)CNC(=O)C1CCCN(C2CNNC(=O)C2)C1. The zero-order valence-electron chi connectivity index (χ0n) is 12.4. The van der Waals surface area contributed by atoms with Gasteiger partial charge in [-0.05, 0) is 25.3 Å². The molecule has 6 nitrogen and oxygen atoms in total. The lowest BCUT2D eigenvalue weighted by atomic mass is 9.94. The lowest BCUT2D eigenvalue weighted by Gasteiger charge is -2.39. The molecule has 2 saturated heterocycles. The molecule has 6 heteroatoms. The predicted molar refractivity (Wildman–Crippen MR) is 76.7 cm³/mol. The van der Waals surface area contributed by atoms with Crippen LogP contribution in [0.15, 0.2) is 0 Å². The molecule has 0 saturated carbocycles. The number of hydrogen-bond donors (Lipinski definition) is 3. The van der Waals surface area contributed by atoms with Gasteiger partial charge in [0.15, 0.2) is 0 Å².